The van der Waals surface area contributed by atoms with Gasteiger partial charge in [-0.25, -0.2) is 0 Å². The third-order valence-corrected chi connectivity index (χ3v) is 3.84. The Morgan fingerprint density at radius 2 is 1.85 bits per heavy atom. The highest BCUT2D eigenvalue weighted by atomic mass is 16.6. The molecule has 0 spiro atoms. The van der Waals surface area contributed by atoms with Gasteiger partial charge in [0.15, 0.2) is 5.75 Å². The molecule has 8 nitrogen and oxygen atoms in total. The molecule has 0 bridgehead atoms. The standard InChI is InChI=1S/C18H15N3O5/c1-25-15-7-5-11(10-14(15)21(23)24)18(22)20-13-6-8-16(26-2)17-12(13)4-3-9-19-17/h3-10H,1-2H3,(H,20,22). The maximum Gasteiger partial charge on any atom is 0.311 e. The number of nitrogens with zero attached hydrogens (tertiary/aromatic N) is 2. The van der Waals surface area contributed by atoms with Crippen LogP contribution in [0.25, 0.3) is 10.9 Å². The predicted octanol–water partition coefficient (Wildman–Crippen LogP) is 3.41. The summed E-state index contributed by atoms with van der Waals surface area (Å²) in [7, 11) is 2.87. The minimum atomic E-state index is -0.595. The van der Waals surface area contributed by atoms with E-state index in [1.165, 1.54) is 32.4 Å². The first kappa shape index (κ1) is 17.2. The Kier molecular flexibility index (Phi) is 4.66. The second-order valence-corrected chi connectivity index (χ2v) is 5.31. The zero-order valence-electron chi connectivity index (χ0n) is 14.1. The average Bonchev–Trinajstić information content (AvgIpc) is 2.67. The first-order valence-electron chi connectivity index (χ1n) is 7.60. The highest BCUT2D eigenvalue weighted by Gasteiger charge is 2.19. The van der Waals surface area contributed by atoms with Gasteiger partial charge in [0.05, 0.1) is 24.8 Å². The third-order valence-electron chi connectivity index (χ3n) is 3.84. The summed E-state index contributed by atoms with van der Waals surface area (Å²) in [6, 6.07) is 11.0. The van der Waals surface area contributed by atoms with Crippen LogP contribution < -0.4 is 14.8 Å². The lowest BCUT2D eigenvalue weighted by molar-refractivity contribution is -0.385. The molecule has 1 aromatic heterocycles. The SMILES string of the molecule is COc1ccc(C(=O)Nc2ccc(OC)c3ncccc23)cc1[N+](=O)[O-]. The first-order chi connectivity index (χ1) is 12.5. The maximum absolute atomic E-state index is 12.6. The van der Waals surface area contributed by atoms with Crippen molar-refractivity contribution in [3.05, 3.63) is 64.3 Å². The number of carbonyl (C=O) groups excluding carboxylic acids is 1. The summed E-state index contributed by atoms with van der Waals surface area (Å²) in [5, 5.41) is 14.6. The van der Waals surface area contributed by atoms with Crippen molar-refractivity contribution in [2.75, 3.05) is 19.5 Å². The van der Waals surface area contributed by atoms with Crippen molar-refractivity contribution in [3.8, 4) is 11.5 Å². The van der Waals surface area contributed by atoms with Gasteiger partial charge in [0.2, 0.25) is 0 Å². The first-order valence-corrected chi connectivity index (χ1v) is 7.60. The number of carbonyl (C=O) groups is 1. The number of methoxy groups -OCH3 is 2. The average molecular weight is 353 g/mol. The number of ether oxygens (including phenoxy) is 2. The molecule has 3 aromatic rings. The summed E-state index contributed by atoms with van der Waals surface area (Å²) in [5.41, 5.74) is 0.998. The normalized spacial score (nSPS) is 10.4. The van der Waals surface area contributed by atoms with Gasteiger partial charge in [0, 0.05) is 23.2 Å². The van der Waals surface area contributed by atoms with Crippen molar-refractivity contribution in [2.45, 2.75) is 0 Å². The van der Waals surface area contributed by atoms with E-state index in [1.54, 1.807) is 30.5 Å². The lowest BCUT2D eigenvalue weighted by Crippen LogP contribution is -2.13. The van der Waals surface area contributed by atoms with E-state index in [-0.39, 0.29) is 17.0 Å². The predicted molar refractivity (Wildman–Crippen MR) is 95.9 cm³/mol. The minimum absolute atomic E-state index is 0.0886. The molecule has 0 fully saturated rings. The fourth-order valence-corrected chi connectivity index (χ4v) is 2.59. The van der Waals surface area contributed by atoms with E-state index in [0.29, 0.717) is 22.3 Å². The molecule has 0 radical (unpaired) electrons. The Morgan fingerprint density at radius 1 is 1.12 bits per heavy atom. The molecule has 2 aromatic carbocycles. The summed E-state index contributed by atoms with van der Waals surface area (Å²) in [4.78, 5) is 27.4. The van der Waals surface area contributed by atoms with E-state index in [1.807, 2.05) is 0 Å². The molecule has 8 heteroatoms. The Bertz CT molecular complexity index is 1000. The van der Waals surface area contributed by atoms with Crippen molar-refractivity contribution in [1.29, 1.82) is 0 Å². The van der Waals surface area contributed by atoms with Gasteiger partial charge in [-0.15, -0.1) is 0 Å². The van der Waals surface area contributed by atoms with E-state index in [4.69, 9.17) is 9.47 Å². The van der Waals surface area contributed by atoms with Crippen LogP contribution in [0.4, 0.5) is 11.4 Å². The van der Waals surface area contributed by atoms with Gasteiger partial charge in [-0.05, 0) is 36.4 Å². The number of pyridine rings is 1. The smallest absolute Gasteiger partial charge is 0.311 e. The molecule has 1 heterocycles. The summed E-state index contributed by atoms with van der Waals surface area (Å²) < 4.78 is 10.2. The van der Waals surface area contributed by atoms with E-state index >= 15 is 0 Å². The van der Waals surface area contributed by atoms with E-state index in [9.17, 15) is 14.9 Å². The van der Waals surface area contributed by atoms with Crippen molar-refractivity contribution >= 4 is 28.2 Å². The number of nitrogens with one attached hydrogen (secondary N) is 1. The number of anilines is 1. The minimum Gasteiger partial charge on any atom is -0.494 e. The monoisotopic (exact) mass is 353 g/mol. The van der Waals surface area contributed by atoms with Gasteiger partial charge in [0.1, 0.15) is 11.3 Å². The fourth-order valence-electron chi connectivity index (χ4n) is 2.59. The largest absolute Gasteiger partial charge is 0.494 e. The molecule has 26 heavy (non-hydrogen) atoms. The van der Waals surface area contributed by atoms with E-state index in [2.05, 4.69) is 10.3 Å². The molecule has 3 rings (SSSR count). The lowest BCUT2D eigenvalue weighted by Gasteiger charge is -2.11. The van der Waals surface area contributed by atoms with Crippen molar-refractivity contribution in [1.82, 2.24) is 4.98 Å². The Hall–Kier alpha value is -3.68. The molecule has 1 N–H and O–H groups in total. The summed E-state index contributed by atoms with van der Waals surface area (Å²) in [6.07, 6.45) is 1.63. The summed E-state index contributed by atoms with van der Waals surface area (Å²) in [5.74, 6) is 0.190. The van der Waals surface area contributed by atoms with Crippen LogP contribution in [0.1, 0.15) is 10.4 Å². The van der Waals surface area contributed by atoms with E-state index in [0.717, 1.165) is 0 Å². The highest BCUT2D eigenvalue weighted by molar-refractivity contribution is 6.09. The lowest BCUT2D eigenvalue weighted by atomic mass is 10.1. The maximum atomic E-state index is 12.6. The number of fused-ring (bicyclic) bond motifs is 1. The Balaban J connectivity index is 1.98. The number of benzene rings is 2. The molecular weight excluding hydrogens is 338 g/mol. The molecule has 0 unspecified atom stereocenters. The number of aromatic nitrogens is 1. The second-order valence-electron chi connectivity index (χ2n) is 5.31. The molecule has 1 amide bonds. The van der Waals surface area contributed by atoms with Gasteiger partial charge in [0.25, 0.3) is 5.91 Å². The molecule has 0 aliphatic heterocycles. The number of nitro groups is 1. The molecule has 0 aliphatic rings. The van der Waals surface area contributed by atoms with Crippen LogP contribution in [0.3, 0.4) is 0 Å². The van der Waals surface area contributed by atoms with Crippen LogP contribution >= 0.6 is 0 Å². The van der Waals surface area contributed by atoms with Crippen LogP contribution in [0, 0.1) is 10.1 Å². The van der Waals surface area contributed by atoms with E-state index < -0.39 is 10.8 Å². The second kappa shape index (κ2) is 7.06. The Labute approximate surface area is 148 Å². The van der Waals surface area contributed by atoms with Gasteiger partial charge in [-0.2, -0.15) is 0 Å². The van der Waals surface area contributed by atoms with Crippen molar-refractivity contribution in [3.63, 3.8) is 0 Å². The van der Waals surface area contributed by atoms with Gasteiger partial charge in [-0.3, -0.25) is 19.9 Å². The molecule has 0 saturated heterocycles. The fraction of sp³-hybridized carbons (Fsp3) is 0.111. The molecule has 0 atom stereocenters. The number of hydrogen-bond donors (Lipinski definition) is 1. The molecule has 132 valence electrons. The molecule has 0 aliphatic carbocycles. The summed E-state index contributed by atoms with van der Waals surface area (Å²) >= 11 is 0. The number of amides is 1. The zero-order chi connectivity index (χ0) is 18.7. The number of hydrogen-bond acceptors (Lipinski definition) is 6. The van der Waals surface area contributed by atoms with Gasteiger partial charge in [-0.1, -0.05) is 0 Å². The van der Waals surface area contributed by atoms with Crippen LogP contribution in [0.2, 0.25) is 0 Å². The molecular formula is C18H15N3O5. The Morgan fingerprint density at radius 3 is 2.54 bits per heavy atom. The molecule has 0 saturated carbocycles. The van der Waals surface area contributed by atoms with Crippen LogP contribution in [-0.2, 0) is 0 Å². The summed E-state index contributed by atoms with van der Waals surface area (Å²) in [6.45, 7) is 0. The third kappa shape index (κ3) is 3.12. The quantitative estimate of drug-likeness (QED) is 0.557. The van der Waals surface area contributed by atoms with Crippen molar-refractivity contribution in [2.24, 2.45) is 0 Å². The van der Waals surface area contributed by atoms with Gasteiger partial charge < -0.3 is 14.8 Å². The number of rotatable bonds is 5. The van der Waals surface area contributed by atoms with Gasteiger partial charge >= 0.3 is 5.69 Å². The van der Waals surface area contributed by atoms with Crippen LogP contribution in [-0.4, -0.2) is 30.0 Å². The zero-order valence-corrected chi connectivity index (χ0v) is 14.1. The van der Waals surface area contributed by atoms with Crippen molar-refractivity contribution < 1.29 is 19.2 Å². The topological polar surface area (TPSA) is 104 Å². The number of nitro benzene ring substituents is 1. The van der Waals surface area contributed by atoms with Crippen LogP contribution in [0.5, 0.6) is 11.5 Å². The highest BCUT2D eigenvalue weighted by Crippen LogP contribution is 2.31. The van der Waals surface area contributed by atoms with Crippen LogP contribution in [0.15, 0.2) is 48.7 Å².